The van der Waals surface area contributed by atoms with Crippen LogP contribution in [0.4, 0.5) is 5.69 Å². The summed E-state index contributed by atoms with van der Waals surface area (Å²) in [6, 6.07) is 9.50. The fourth-order valence-electron chi connectivity index (χ4n) is 1.10. The molecule has 0 aromatic heterocycles. The summed E-state index contributed by atoms with van der Waals surface area (Å²) < 4.78 is 0. The van der Waals surface area contributed by atoms with E-state index in [0.29, 0.717) is 6.42 Å². The van der Waals surface area contributed by atoms with E-state index in [2.05, 4.69) is 5.32 Å². The first-order chi connectivity index (χ1) is 6.68. The summed E-state index contributed by atoms with van der Waals surface area (Å²) in [5.41, 5.74) is 6.39. The third-order valence-corrected chi connectivity index (χ3v) is 1.88. The van der Waals surface area contributed by atoms with Gasteiger partial charge in [0.25, 0.3) is 0 Å². The highest BCUT2D eigenvalue weighted by molar-refractivity contribution is 5.90. The third-order valence-electron chi connectivity index (χ3n) is 1.88. The molecule has 3 nitrogen and oxygen atoms in total. The van der Waals surface area contributed by atoms with E-state index in [9.17, 15) is 4.79 Å². The second-order valence-electron chi connectivity index (χ2n) is 3.43. The molecule has 3 heteroatoms. The van der Waals surface area contributed by atoms with Crippen LogP contribution in [0.2, 0.25) is 0 Å². The molecule has 1 amide bonds. The van der Waals surface area contributed by atoms with Crippen molar-refractivity contribution in [3.8, 4) is 0 Å². The van der Waals surface area contributed by atoms with E-state index in [4.69, 9.17) is 5.73 Å². The van der Waals surface area contributed by atoms with E-state index in [1.165, 1.54) is 0 Å². The highest BCUT2D eigenvalue weighted by Crippen LogP contribution is 2.06. The van der Waals surface area contributed by atoms with Crippen molar-refractivity contribution in [1.82, 2.24) is 0 Å². The number of rotatable bonds is 4. The Labute approximate surface area is 84.3 Å². The van der Waals surface area contributed by atoms with Crippen LogP contribution in [0.15, 0.2) is 30.3 Å². The number of hydrogen-bond donors (Lipinski definition) is 2. The van der Waals surface area contributed by atoms with Gasteiger partial charge in [0.1, 0.15) is 0 Å². The molecule has 14 heavy (non-hydrogen) atoms. The predicted octanol–water partition coefficient (Wildman–Crippen LogP) is 1.75. The number of carbonyl (C=O) groups is 1. The average Bonchev–Trinajstić information content (AvgIpc) is 2.16. The van der Waals surface area contributed by atoms with Gasteiger partial charge in [0, 0.05) is 18.2 Å². The Morgan fingerprint density at radius 3 is 2.64 bits per heavy atom. The van der Waals surface area contributed by atoms with Crippen molar-refractivity contribution in [2.24, 2.45) is 5.73 Å². The van der Waals surface area contributed by atoms with Gasteiger partial charge in [-0.3, -0.25) is 4.79 Å². The van der Waals surface area contributed by atoms with Crippen molar-refractivity contribution in [2.75, 3.05) is 5.32 Å². The number of carbonyl (C=O) groups excluding carboxylic acids is 1. The lowest BCUT2D eigenvalue weighted by Gasteiger charge is -2.06. The molecular formula is C11H16N2O. The van der Waals surface area contributed by atoms with Crippen molar-refractivity contribution in [2.45, 2.75) is 25.8 Å². The van der Waals surface area contributed by atoms with Crippen LogP contribution in [-0.2, 0) is 4.79 Å². The summed E-state index contributed by atoms with van der Waals surface area (Å²) in [5, 5.41) is 2.80. The Morgan fingerprint density at radius 1 is 1.43 bits per heavy atom. The number of benzene rings is 1. The topological polar surface area (TPSA) is 55.1 Å². The Hall–Kier alpha value is -1.35. The lowest BCUT2D eigenvalue weighted by Crippen LogP contribution is -2.19. The maximum atomic E-state index is 11.4. The fraction of sp³-hybridized carbons (Fsp3) is 0.364. The van der Waals surface area contributed by atoms with Crippen LogP contribution in [0.3, 0.4) is 0 Å². The van der Waals surface area contributed by atoms with Gasteiger partial charge in [-0.25, -0.2) is 0 Å². The van der Waals surface area contributed by atoms with Crippen LogP contribution in [-0.4, -0.2) is 11.9 Å². The van der Waals surface area contributed by atoms with Gasteiger partial charge in [-0.15, -0.1) is 0 Å². The van der Waals surface area contributed by atoms with Crippen molar-refractivity contribution in [3.63, 3.8) is 0 Å². The Morgan fingerprint density at radius 2 is 2.07 bits per heavy atom. The fourth-order valence-corrected chi connectivity index (χ4v) is 1.10. The zero-order chi connectivity index (χ0) is 10.4. The highest BCUT2D eigenvalue weighted by Gasteiger charge is 2.03. The quantitative estimate of drug-likeness (QED) is 0.763. The zero-order valence-corrected chi connectivity index (χ0v) is 8.36. The summed E-state index contributed by atoms with van der Waals surface area (Å²) >= 11 is 0. The molecule has 0 spiro atoms. The standard InChI is InChI=1S/C11H16N2O/c1-9(12)7-8-11(14)13-10-5-3-2-4-6-10/h2-6,9H,7-8,12H2,1H3,(H,13,14). The van der Waals surface area contributed by atoms with Gasteiger partial charge < -0.3 is 11.1 Å². The molecule has 1 aromatic carbocycles. The molecular weight excluding hydrogens is 176 g/mol. The molecule has 1 atom stereocenters. The van der Waals surface area contributed by atoms with E-state index in [1.54, 1.807) is 0 Å². The average molecular weight is 192 g/mol. The summed E-state index contributed by atoms with van der Waals surface area (Å²) in [7, 11) is 0. The van der Waals surface area contributed by atoms with Gasteiger partial charge in [0.15, 0.2) is 0 Å². The number of hydrogen-bond acceptors (Lipinski definition) is 2. The Kier molecular flexibility index (Phi) is 4.13. The molecule has 76 valence electrons. The monoisotopic (exact) mass is 192 g/mol. The molecule has 0 aliphatic rings. The first-order valence-electron chi connectivity index (χ1n) is 4.79. The van der Waals surface area contributed by atoms with Crippen LogP contribution >= 0.6 is 0 Å². The summed E-state index contributed by atoms with van der Waals surface area (Å²) in [5.74, 6) is 0.0218. The zero-order valence-electron chi connectivity index (χ0n) is 8.36. The van der Waals surface area contributed by atoms with Crippen LogP contribution in [0.1, 0.15) is 19.8 Å². The number of para-hydroxylation sites is 1. The molecule has 0 saturated heterocycles. The number of nitrogens with two attached hydrogens (primary N) is 1. The molecule has 1 rings (SSSR count). The predicted molar refractivity (Wildman–Crippen MR) is 58.0 cm³/mol. The van der Waals surface area contributed by atoms with Gasteiger partial charge in [-0.2, -0.15) is 0 Å². The van der Waals surface area contributed by atoms with Crippen LogP contribution < -0.4 is 11.1 Å². The molecule has 1 unspecified atom stereocenters. The Balaban J connectivity index is 2.35. The molecule has 0 aliphatic carbocycles. The number of amides is 1. The summed E-state index contributed by atoms with van der Waals surface area (Å²) in [4.78, 5) is 11.4. The minimum atomic E-state index is 0.0218. The summed E-state index contributed by atoms with van der Waals surface area (Å²) in [6.07, 6.45) is 1.20. The molecule has 0 saturated carbocycles. The molecule has 0 aliphatic heterocycles. The SMILES string of the molecule is CC(N)CCC(=O)Nc1ccccc1. The lowest BCUT2D eigenvalue weighted by atomic mass is 10.2. The van der Waals surface area contributed by atoms with Crippen LogP contribution in [0, 0.1) is 0 Å². The normalized spacial score (nSPS) is 12.1. The number of nitrogens with one attached hydrogen (secondary N) is 1. The van der Waals surface area contributed by atoms with E-state index >= 15 is 0 Å². The third kappa shape index (κ3) is 4.05. The maximum absolute atomic E-state index is 11.4. The van der Waals surface area contributed by atoms with Gasteiger partial charge in [-0.05, 0) is 25.5 Å². The largest absolute Gasteiger partial charge is 0.328 e. The highest BCUT2D eigenvalue weighted by atomic mass is 16.1. The van der Waals surface area contributed by atoms with E-state index in [0.717, 1.165) is 12.1 Å². The molecule has 0 heterocycles. The van der Waals surface area contributed by atoms with Gasteiger partial charge in [0.05, 0.1) is 0 Å². The second kappa shape index (κ2) is 5.40. The molecule has 0 radical (unpaired) electrons. The smallest absolute Gasteiger partial charge is 0.224 e. The summed E-state index contributed by atoms with van der Waals surface area (Å²) in [6.45, 7) is 1.90. The van der Waals surface area contributed by atoms with Gasteiger partial charge >= 0.3 is 0 Å². The van der Waals surface area contributed by atoms with Crippen LogP contribution in [0.25, 0.3) is 0 Å². The molecule has 3 N–H and O–H groups in total. The second-order valence-corrected chi connectivity index (χ2v) is 3.43. The first kappa shape index (κ1) is 10.7. The number of anilines is 1. The van der Waals surface area contributed by atoms with Crippen molar-refractivity contribution in [1.29, 1.82) is 0 Å². The minimum Gasteiger partial charge on any atom is -0.328 e. The van der Waals surface area contributed by atoms with E-state index in [1.807, 2.05) is 37.3 Å². The molecule has 1 aromatic rings. The lowest BCUT2D eigenvalue weighted by molar-refractivity contribution is -0.116. The Bertz CT molecular complexity index is 283. The van der Waals surface area contributed by atoms with Crippen LogP contribution in [0.5, 0.6) is 0 Å². The van der Waals surface area contributed by atoms with E-state index in [-0.39, 0.29) is 11.9 Å². The van der Waals surface area contributed by atoms with Gasteiger partial charge in [0.2, 0.25) is 5.91 Å². The van der Waals surface area contributed by atoms with Crippen molar-refractivity contribution >= 4 is 11.6 Å². The molecule has 0 bridgehead atoms. The molecule has 0 fully saturated rings. The first-order valence-corrected chi connectivity index (χ1v) is 4.79. The van der Waals surface area contributed by atoms with Gasteiger partial charge in [-0.1, -0.05) is 18.2 Å². The van der Waals surface area contributed by atoms with E-state index < -0.39 is 0 Å². The van der Waals surface area contributed by atoms with Crippen molar-refractivity contribution in [3.05, 3.63) is 30.3 Å². The minimum absolute atomic E-state index is 0.0218. The van der Waals surface area contributed by atoms with Crippen molar-refractivity contribution < 1.29 is 4.79 Å². The maximum Gasteiger partial charge on any atom is 0.224 e.